The molecule has 0 saturated heterocycles. The number of rotatable bonds is 4. The lowest BCUT2D eigenvalue weighted by molar-refractivity contribution is -0.642. The SMILES string of the molecule is C[n+]1c(/C=C/C=C2\CCN(CC[O-])c3ccccc32)sc2ccccc21. The number of benzene rings is 2. The molecule has 0 N–H and O–H groups in total. The maximum atomic E-state index is 11.1. The second-order valence-corrected chi connectivity index (χ2v) is 7.54. The molecule has 3 nitrogen and oxygen atoms in total. The molecule has 1 aliphatic rings. The average molecular weight is 362 g/mol. The normalized spacial score (nSPS) is 15.9. The number of anilines is 1. The first-order valence-corrected chi connectivity index (χ1v) is 9.77. The van der Waals surface area contributed by atoms with Crippen LogP contribution in [-0.2, 0) is 7.05 Å². The maximum absolute atomic E-state index is 11.1. The van der Waals surface area contributed by atoms with Crippen molar-refractivity contribution < 1.29 is 9.67 Å². The van der Waals surface area contributed by atoms with Crippen LogP contribution in [-0.4, -0.2) is 19.7 Å². The van der Waals surface area contributed by atoms with E-state index in [4.69, 9.17) is 0 Å². The molecule has 26 heavy (non-hydrogen) atoms. The minimum Gasteiger partial charge on any atom is -0.853 e. The van der Waals surface area contributed by atoms with Gasteiger partial charge in [-0.2, -0.15) is 4.57 Å². The van der Waals surface area contributed by atoms with Gasteiger partial charge in [0.25, 0.3) is 5.01 Å². The van der Waals surface area contributed by atoms with Gasteiger partial charge >= 0.3 is 0 Å². The van der Waals surface area contributed by atoms with Crippen molar-refractivity contribution in [3.8, 4) is 0 Å². The molecule has 1 aromatic heterocycles. The van der Waals surface area contributed by atoms with Crippen LogP contribution in [0.4, 0.5) is 5.69 Å². The van der Waals surface area contributed by atoms with Crippen molar-refractivity contribution in [2.24, 2.45) is 7.05 Å². The molecule has 0 amide bonds. The highest BCUT2D eigenvalue weighted by Crippen LogP contribution is 2.34. The summed E-state index contributed by atoms with van der Waals surface area (Å²) in [5, 5.41) is 12.3. The molecular weight excluding hydrogens is 340 g/mol. The summed E-state index contributed by atoms with van der Waals surface area (Å²) < 4.78 is 3.54. The summed E-state index contributed by atoms with van der Waals surface area (Å²) >= 11 is 1.81. The van der Waals surface area contributed by atoms with Crippen LogP contribution in [0, 0.1) is 0 Å². The Hall–Kier alpha value is -2.43. The minimum absolute atomic E-state index is 0.0598. The van der Waals surface area contributed by atoms with Gasteiger partial charge < -0.3 is 10.0 Å². The van der Waals surface area contributed by atoms with Crippen LogP contribution in [0.3, 0.4) is 0 Å². The Morgan fingerprint density at radius 2 is 1.96 bits per heavy atom. The fraction of sp³-hybridized carbons (Fsp3) is 0.227. The third-order valence-corrected chi connectivity index (χ3v) is 6.10. The van der Waals surface area contributed by atoms with Gasteiger partial charge in [-0.05, 0) is 24.1 Å². The largest absolute Gasteiger partial charge is 0.853 e. The monoisotopic (exact) mass is 362 g/mol. The molecule has 0 fully saturated rings. The van der Waals surface area contributed by atoms with E-state index in [1.54, 1.807) is 0 Å². The molecule has 4 rings (SSSR count). The third kappa shape index (κ3) is 3.18. The summed E-state index contributed by atoms with van der Waals surface area (Å²) in [6, 6.07) is 16.9. The molecule has 0 radical (unpaired) electrons. The van der Waals surface area contributed by atoms with Crippen LogP contribution >= 0.6 is 11.3 Å². The van der Waals surface area contributed by atoms with Crippen LogP contribution in [0.15, 0.2) is 60.7 Å². The van der Waals surface area contributed by atoms with Crippen molar-refractivity contribution >= 4 is 38.9 Å². The zero-order valence-corrected chi connectivity index (χ0v) is 15.7. The lowest BCUT2D eigenvalue weighted by atomic mass is 9.95. The van der Waals surface area contributed by atoms with Crippen molar-refractivity contribution in [1.82, 2.24) is 0 Å². The topological polar surface area (TPSA) is 30.2 Å². The predicted molar refractivity (Wildman–Crippen MR) is 108 cm³/mol. The molecule has 0 spiro atoms. The van der Waals surface area contributed by atoms with Crippen molar-refractivity contribution in [2.45, 2.75) is 6.42 Å². The Balaban J connectivity index is 1.63. The Morgan fingerprint density at radius 3 is 2.81 bits per heavy atom. The van der Waals surface area contributed by atoms with Gasteiger partial charge in [0.2, 0.25) is 5.52 Å². The Bertz CT molecular complexity index is 987. The zero-order valence-electron chi connectivity index (χ0n) is 14.9. The van der Waals surface area contributed by atoms with Crippen molar-refractivity contribution in [3.63, 3.8) is 0 Å². The minimum atomic E-state index is -0.0598. The van der Waals surface area contributed by atoms with Gasteiger partial charge in [-0.3, -0.25) is 0 Å². The fourth-order valence-corrected chi connectivity index (χ4v) is 4.62. The molecule has 0 bridgehead atoms. The van der Waals surface area contributed by atoms with Gasteiger partial charge in [-0.1, -0.05) is 53.8 Å². The Kier molecular flexibility index (Phi) is 4.87. The first-order valence-electron chi connectivity index (χ1n) is 8.95. The molecule has 0 unspecified atom stereocenters. The summed E-state index contributed by atoms with van der Waals surface area (Å²) in [7, 11) is 2.11. The lowest BCUT2D eigenvalue weighted by Gasteiger charge is -2.33. The number of aryl methyl sites for hydroxylation is 1. The second-order valence-electron chi connectivity index (χ2n) is 6.48. The first kappa shape index (κ1) is 17.0. The maximum Gasteiger partial charge on any atom is 0.262 e. The van der Waals surface area contributed by atoms with E-state index in [9.17, 15) is 5.11 Å². The van der Waals surface area contributed by atoms with Crippen LogP contribution < -0.4 is 14.6 Å². The quantitative estimate of drug-likeness (QED) is 0.666. The Morgan fingerprint density at radius 1 is 1.15 bits per heavy atom. The third-order valence-electron chi connectivity index (χ3n) is 4.91. The number of para-hydroxylation sites is 2. The van der Waals surface area contributed by atoms with E-state index in [0.29, 0.717) is 6.54 Å². The highest BCUT2D eigenvalue weighted by Gasteiger charge is 2.18. The molecule has 0 saturated carbocycles. The molecule has 0 atom stereocenters. The van der Waals surface area contributed by atoms with Crippen LogP contribution in [0.2, 0.25) is 0 Å². The highest BCUT2D eigenvalue weighted by atomic mass is 32.1. The fourth-order valence-electron chi connectivity index (χ4n) is 3.56. The van der Waals surface area contributed by atoms with E-state index in [1.807, 2.05) is 17.4 Å². The summed E-state index contributed by atoms with van der Waals surface area (Å²) in [6.07, 6.45) is 7.53. The van der Waals surface area contributed by atoms with Gasteiger partial charge in [-0.25, -0.2) is 0 Å². The van der Waals surface area contributed by atoms with E-state index >= 15 is 0 Å². The summed E-state index contributed by atoms with van der Waals surface area (Å²) in [5.74, 6) is 0. The standard InChI is InChI=1S/C22H22N2OS/c1-23-20-10-4-5-11-21(20)26-22(23)12-6-7-17-13-14-24(15-16-25)19-9-3-2-8-18(17)19/h2-12H,13-16H2,1H3. The van der Waals surface area contributed by atoms with E-state index in [-0.39, 0.29) is 6.61 Å². The molecule has 1 aliphatic heterocycles. The van der Waals surface area contributed by atoms with E-state index in [1.165, 1.54) is 32.0 Å². The highest BCUT2D eigenvalue weighted by molar-refractivity contribution is 7.18. The number of hydrogen-bond donors (Lipinski definition) is 0. The molecule has 2 aromatic carbocycles. The summed E-state index contributed by atoms with van der Waals surface area (Å²) in [6.45, 7) is 1.43. The van der Waals surface area contributed by atoms with E-state index in [2.05, 4.69) is 77.2 Å². The molecule has 3 aromatic rings. The van der Waals surface area contributed by atoms with Crippen LogP contribution in [0.5, 0.6) is 0 Å². The molecule has 2 heterocycles. The van der Waals surface area contributed by atoms with Crippen LogP contribution in [0.25, 0.3) is 21.9 Å². The lowest BCUT2D eigenvalue weighted by Crippen LogP contribution is -2.34. The summed E-state index contributed by atoms with van der Waals surface area (Å²) in [5.41, 5.74) is 5.03. The second kappa shape index (κ2) is 7.44. The summed E-state index contributed by atoms with van der Waals surface area (Å²) in [4.78, 5) is 2.20. The number of fused-ring (bicyclic) bond motifs is 2. The van der Waals surface area contributed by atoms with Gasteiger partial charge in [0.1, 0.15) is 11.7 Å². The van der Waals surface area contributed by atoms with Crippen molar-refractivity contribution in [1.29, 1.82) is 0 Å². The van der Waals surface area contributed by atoms with Crippen molar-refractivity contribution in [2.75, 3.05) is 24.6 Å². The smallest absolute Gasteiger partial charge is 0.262 e. The Labute approximate surface area is 158 Å². The molecule has 132 valence electrons. The van der Waals surface area contributed by atoms with Gasteiger partial charge in [0.05, 0.1) is 0 Å². The predicted octanol–water partition coefficient (Wildman–Crippen LogP) is 3.39. The van der Waals surface area contributed by atoms with Gasteiger partial charge in [-0.15, -0.1) is 6.61 Å². The van der Waals surface area contributed by atoms with Gasteiger partial charge in [0, 0.05) is 36.5 Å². The molecule has 4 heteroatoms. The van der Waals surface area contributed by atoms with Crippen LogP contribution in [0.1, 0.15) is 17.0 Å². The zero-order chi connectivity index (χ0) is 17.9. The number of nitrogens with zero attached hydrogens (tertiary/aromatic N) is 2. The van der Waals surface area contributed by atoms with Gasteiger partial charge in [0.15, 0.2) is 0 Å². The number of aromatic nitrogens is 1. The molecular formula is C22H22N2OS. The first-order chi connectivity index (χ1) is 12.8. The average Bonchev–Trinajstić information content (AvgIpc) is 3.00. The number of thiazole rings is 1. The molecule has 0 aliphatic carbocycles. The van der Waals surface area contributed by atoms with E-state index in [0.717, 1.165) is 13.0 Å². The number of hydrogen-bond acceptors (Lipinski definition) is 3. The van der Waals surface area contributed by atoms with E-state index < -0.39 is 0 Å². The van der Waals surface area contributed by atoms with Crippen molar-refractivity contribution in [3.05, 3.63) is 71.3 Å². The number of allylic oxidation sites excluding steroid dienone is 2.